The summed E-state index contributed by atoms with van der Waals surface area (Å²) < 4.78 is 9.47. The van der Waals surface area contributed by atoms with Crippen LogP contribution in [0.15, 0.2) is 35.1 Å². The summed E-state index contributed by atoms with van der Waals surface area (Å²) in [6.07, 6.45) is 3.85. The van der Waals surface area contributed by atoms with Gasteiger partial charge in [-0.05, 0) is 34.1 Å². The lowest BCUT2D eigenvalue weighted by molar-refractivity contribution is 0.342. The third-order valence-electron chi connectivity index (χ3n) is 3.86. The van der Waals surface area contributed by atoms with Crippen molar-refractivity contribution in [2.75, 3.05) is 25.1 Å². The molecule has 4 rings (SSSR count). The highest BCUT2D eigenvalue weighted by atomic mass is 79.9. The van der Waals surface area contributed by atoms with Crippen molar-refractivity contribution in [3.8, 4) is 5.75 Å². The number of aromatic nitrogens is 3. The minimum atomic E-state index is 0.633. The van der Waals surface area contributed by atoms with Crippen molar-refractivity contribution in [3.05, 3.63) is 35.1 Å². The molecule has 1 saturated heterocycles. The van der Waals surface area contributed by atoms with E-state index in [9.17, 15) is 0 Å². The number of nitrogens with zero attached hydrogens (tertiary/aromatic N) is 4. The lowest BCUT2D eigenvalue weighted by Crippen LogP contribution is -2.48. The first kappa shape index (κ1) is 14.0. The summed E-state index contributed by atoms with van der Waals surface area (Å²) in [5.74, 6) is 1.52. The smallest absolute Gasteiger partial charge is 0.186 e. The van der Waals surface area contributed by atoms with E-state index in [1.54, 1.807) is 18.4 Å². The van der Waals surface area contributed by atoms with Gasteiger partial charge in [0.05, 0.1) is 28.0 Å². The first-order valence-corrected chi connectivity index (χ1v) is 8.70. The van der Waals surface area contributed by atoms with Crippen LogP contribution in [0.3, 0.4) is 0 Å². The zero-order chi connectivity index (χ0) is 15.1. The van der Waals surface area contributed by atoms with Gasteiger partial charge in [-0.1, -0.05) is 11.3 Å². The van der Waals surface area contributed by atoms with Gasteiger partial charge in [-0.15, -0.1) is 0 Å². The van der Waals surface area contributed by atoms with Crippen LogP contribution in [0.2, 0.25) is 0 Å². The Labute approximate surface area is 140 Å². The molecule has 0 bridgehead atoms. The average molecular weight is 379 g/mol. The standard InChI is InChI=1S/C15H15BrN4OS/c1-21-12-2-3-13-14(4-12)22-15(18-13)19-6-10(7-19)8-20-9-11(16)5-17-20/h2-5,9-10H,6-8H2,1H3. The fraction of sp³-hybridized carbons (Fsp3) is 0.333. The third-order valence-corrected chi connectivity index (χ3v) is 5.35. The Morgan fingerprint density at radius 3 is 3.00 bits per heavy atom. The van der Waals surface area contributed by atoms with Crippen LogP contribution in [0, 0.1) is 5.92 Å². The Morgan fingerprint density at radius 2 is 2.27 bits per heavy atom. The molecule has 1 fully saturated rings. The van der Waals surface area contributed by atoms with E-state index >= 15 is 0 Å². The number of hydrogen-bond acceptors (Lipinski definition) is 5. The maximum Gasteiger partial charge on any atom is 0.186 e. The number of benzene rings is 1. The van der Waals surface area contributed by atoms with E-state index < -0.39 is 0 Å². The summed E-state index contributed by atoms with van der Waals surface area (Å²) in [7, 11) is 1.69. The number of ether oxygens (including phenoxy) is 1. The van der Waals surface area contributed by atoms with E-state index in [-0.39, 0.29) is 0 Å². The van der Waals surface area contributed by atoms with Crippen LogP contribution in [0.4, 0.5) is 5.13 Å². The molecule has 0 N–H and O–H groups in total. The van der Waals surface area contributed by atoms with Gasteiger partial charge in [-0.25, -0.2) is 4.98 Å². The van der Waals surface area contributed by atoms with Gasteiger partial charge < -0.3 is 9.64 Å². The second kappa shape index (κ2) is 5.55. The fourth-order valence-electron chi connectivity index (χ4n) is 2.70. The first-order chi connectivity index (χ1) is 10.7. The van der Waals surface area contributed by atoms with Crippen molar-refractivity contribution in [1.82, 2.24) is 14.8 Å². The number of anilines is 1. The summed E-state index contributed by atoms with van der Waals surface area (Å²) in [5.41, 5.74) is 1.04. The van der Waals surface area contributed by atoms with E-state index in [1.165, 1.54) is 4.70 Å². The van der Waals surface area contributed by atoms with E-state index in [1.807, 2.05) is 29.2 Å². The Bertz CT molecular complexity index is 809. The molecule has 1 aliphatic rings. The summed E-state index contributed by atoms with van der Waals surface area (Å²) in [5, 5.41) is 5.41. The maximum atomic E-state index is 5.27. The van der Waals surface area contributed by atoms with Crippen LogP contribution in [-0.2, 0) is 6.54 Å². The van der Waals surface area contributed by atoms with E-state index in [4.69, 9.17) is 9.72 Å². The SMILES string of the molecule is COc1ccc2nc(N3CC(Cn4cc(Br)cn4)C3)sc2c1. The Morgan fingerprint density at radius 1 is 1.41 bits per heavy atom. The Balaban J connectivity index is 1.44. The minimum absolute atomic E-state index is 0.633. The van der Waals surface area contributed by atoms with Crippen LogP contribution in [0.25, 0.3) is 10.2 Å². The molecule has 114 valence electrons. The van der Waals surface area contributed by atoms with Gasteiger partial charge in [0.2, 0.25) is 0 Å². The van der Waals surface area contributed by atoms with Crippen molar-refractivity contribution in [2.24, 2.45) is 5.92 Å². The van der Waals surface area contributed by atoms with Gasteiger partial charge in [0, 0.05) is 31.7 Å². The van der Waals surface area contributed by atoms with Crippen LogP contribution in [0.1, 0.15) is 0 Å². The molecule has 0 saturated carbocycles. The number of hydrogen-bond donors (Lipinski definition) is 0. The quantitative estimate of drug-likeness (QED) is 0.697. The second-order valence-electron chi connectivity index (χ2n) is 5.48. The molecule has 0 aliphatic carbocycles. The molecule has 0 radical (unpaired) electrons. The molecule has 0 unspecified atom stereocenters. The number of fused-ring (bicyclic) bond motifs is 1. The second-order valence-corrected chi connectivity index (χ2v) is 7.41. The molecule has 0 amide bonds. The van der Waals surface area contributed by atoms with E-state index in [2.05, 4.69) is 32.0 Å². The fourth-order valence-corrected chi connectivity index (χ4v) is 4.04. The summed E-state index contributed by atoms with van der Waals surface area (Å²) in [6, 6.07) is 6.03. The van der Waals surface area contributed by atoms with Crippen LogP contribution in [-0.4, -0.2) is 35.0 Å². The van der Waals surface area contributed by atoms with Crippen LogP contribution in [0.5, 0.6) is 5.75 Å². The van der Waals surface area contributed by atoms with E-state index in [0.717, 1.165) is 40.5 Å². The molecule has 1 aliphatic heterocycles. The molecule has 3 aromatic rings. The highest BCUT2D eigenvalue weighted by Gasteiger charge is 2.29. The Hall–Kier alpha value is -1.60. The zero-order valence-electron chi connectivity index (χ0n) is 12.1. The normalized spacial score (nSPS) is 15.3. The summed E-state index contributed by atoms with van der Waals surface area (Å²) >= 11 is 5.16. The zero-order valence-corrected chi connectivity index (χ0v) is 14.5. The number of thiazole rings is 1. The molecule has 2 aromatic heterocycles. The monoisotopic (exact) mass is 378 g/mol. The average Bonchev–Trinajstić information content (AvgIpc) is 3.07. The topological polar surface area (TPSA) is 43.2 Å². The highest BCUT2D eigenvalue weighted by Crippen LogP contribution is 2.34. The van der Waals surface area contributed by atoms with Gasteiger partial charge >= 0.3 is 0 Å². The predicted octanol–water partition coefficient (Wildman–Crippen LogP) is 3.40. The van der Waals surface area contributed by atoms with Crippen molar-refractivity contribution in [2.45, 2.75) is 6.54 Å². The van der Waals surface area contributed by atoms with Crippen LogP contribution >= 0.6 is 27.3 Å². The summed E-state index contributed by atoms with van der Waals surface area (Å²) in [6.45, 7) is 3.03. The van der Waals surface area contributed by atoms with E-state index in [0.29, 0.717) is 5.92 Å². The first-order valence-electron chi connectivity index (χ1n) is 7.09. The number of halogens is 1. The Kier molecular flexibility index (Phi) is 3.54. The lowest BCUT2D eigenvalue weighted by Gasteiger charge is -2.39. The molecular weight excluding hydrogens is 364 g/mol. The van der Waals surface area contributed by atoms with Gasteiger partial charge in [-0.2, -0.15) is 5.10 Å². The van der Waals surface area contributed by atoms with Gasteiger partial charge in [0.1, 0.15) is 5.75 Å². The van der Waals surface area contributed by atoms with Crippen molar-refractivity contribution in [1.29, 1.82) is 0 Å². The van der Waals surface area contributed by atoms with Gasteiger partial charge in [-0.3, -0.25) is 4.68 Å². The molecule has 22 heavy (non-hydrogen) atoms. The highest BCUT2D eigenvalue weighted by molar-refractivity contribution is 9.10. The predicted molar refractivity (Wildman–Crippen MR) is 91.8 cm³/mol. The maximum absolute atomic E-state index is 5.27. The lowest BCUT2D eigenvalue weighted by atomic mass is 10.0. The molecule has 5 nitrogen and oxygen atoms in total. The molecular formula is C15H15BrN4OS. The molecule has 1 aromatic carbocycles. The van der Waals surface area contributed by atoms with Crippen molar-refractivity contribution >= 4 is 42.6 Å². The molecule has 0 atom stereocenters. The minimum Gasteiger partial charge on any atom is -0.497 e. The van der Waals surface area contributed by atoms with Crippen molar-refractivity contribution < 1.29 is 4.74 Å². The summed E-state index contributed by atoms with van der Waals surface area (Å²) in [4.78, 5) is 7.05. The number of methoxy groups -OCH3 is 1. The molecule has 0 spiro atoms. The van der Waals surface area contributed by atoms with Crippen LogP contribution < -0.4 is 9.64 Å². The molecule has 7 heteroatoms. The largest absolute Gasteiger partial charge is 0.497 e. The third kappa shape index (κ3) is 2.59. The number of rotatable bonds is 4. The van der Waals surface area contributed by atoms with Crippen molar-refractivity contribution in [3.63, 3.8) is 0 Å². The van der Waals surface area contributed by atoms with Gasteiger partial charge in [0.25, 0.3) is 0 Å². The van der Waals surface area contributed by atoms with Gasteiger partial charge in [0.15, 0.2) is 5.13 Å². The molecule has 3 heterocycles.